The van der Waals surface area contributed by atoms with Crippen LogP contribution in [-0.4, -0.2) is 16.0 Å². The van der Waals surface area contributed by atoms with Gasteiger partial charge in [0.15, 0.2) is 17.3 Å². The second-order valence-electron chi connectivity index (χ2n) is 4.48. The van der Waals surface area contributed by atoms with Crippen molar-refractivity contribution in [1.29, 1.82) is 0 Å². The third kappa shape index (κ3) is 2.01. The summed E-state index contributed by atoms with van der Waals surface area (Å²) < 4.78 is 5.73. The molecule has 1 heterocycles. The van der Waals surface area contributed by atoms with E-state index in [1.807, 2.05) is 30.3 Å². The SMILES string of the molecule is O=C1CC(c2ccccc2)Oc2cc(O)c(O)cc21. The molecule has 0 spiro atoms. The average molecular weight is 256 g/mol. The molecule has 0 fully saturated rings. The molecule has 1 unspecified atom stereocenters. The molecule has 2 aromatic carbocycles. The lowest BCUT2D eigenvalue weighted by Gasteiger charge is -2.25. The minimum Gasteiger partial charge on any atom is -0.504 e. The first-order chi connectivity index (χ1) is 9.15. The maximum Gasteiger partial charge on any atom is 0.170 e. The Morgan fingerprint density at radius 3 is 2.47 bits per heavy atom. The van der Waals surface area contributed by atoms with E-state index in [4.69, 9.17) is 4.74 Å². The molecule has 2 aromatic rings. The number of carbonyl (C=O) groups is 1. The van der Waals surface area contributed by atoms with E-state index in [1.165, 1.54) is 12.1 Å². The molecule has 4 heteroatoms. The Labute approximate surface area is 109 Å². The molecule has 4 nitrogen and oxygen atoms in total. The zero-order valence-corrected chi connectivity index (χ0v) is 10.0. The third-order valence-electron chi connectivity index (χ3n) is 3.19. The summed E-state index contributed by atoms with van der Waals surface area (Å²) in [5, 5.41) is 18.9. The zero-order chi connectivity index (χ0) is 13.4. The van der Waals surface area contributed by atoms with E-state index in [0.717, 1.165) is 5.56 Å². The molecule has 0 saturated heterocycles. The Kier molecular flexibility index (Phi) is 2.63. The van der Waals surface area contributed by atoms with Gasteiger partial charge >= 0.3 is 0 Å². The van der Waals surface area contributed by atoms with Crippen LogP contribution in [-0.2, 0) is 0 Å². The maximum absolute atomic E-state index is 12.1. The standard InChI is InChI=1S/C15H12O4/c16-11-7-14(9-4-2-1-3-5-9)19-15-8-13(18)12(17)6-10(11)15/h1-6,8,14,17-18H,7H2. The lowest BCUT2D eigenvalue weighted by molar-refractivity contribution is 0.0848. The Morgan fingerprint density at radius 2 is 1.74 bits per heavy atom. The average Bonchev–Trinajstić information content (AvgIpc) is 2.42. The van der Waals surface area contributed by atoms with Gasteiger partial charge < -0.3 is 14.9 Å². The molecule has 0 aromatic heterocycles. The minimum absolute atomic E-state index is 0.106. The fraction of sp³-hybridized carbons (Fsp3) is 0.133. The van der Waals surface area contributed by atoms with Gasteiger partial charge in [0, 0.05) is 6.07 Å². The van der Waals surface area contributed by atoms with E-state index < -0.39 is 0 Å². The number of rotatable bonds is 1. The molecule has 0 aliphatic carbocycles. The van der Waals surface area contributed by atoms with Gasteiger partial charge in [-0.1, -0.05) is 30.3 Å². The fourth-order valence-corrected chi connectivity index (χ4v) is 2.20. The van der Waals surface area contributed by atoms with Crippen LogP contribution in [0.1, 0.15) is 28.4 Å². The van der Waals surface area contributed by atoms with Crippen molar-refractivity contribution in [3.63, 3.8) is 0 Å². The number of hydrogen-bond donors (Lipinski definition) is 2. The lowest BCUT2D eigenvalue weighted by Crippen LogP contribution is -2.20. The quantitative estimate of drug-likeness (QED) is 0.770. The molecule has 96 valence electrons. The van der Waals surface area contributed by atoms with E-state index in [1.54, 1.807) is 0 Å². The van der Waals surface area contributed by atoms with Crippen LogP contribution in [0.2, 0.25) is 0 Å². The number of ether oxygens (including phenoxy) is 1. The van der Waals surface area contributed by atoms with E-state index in [9.17, 15) is 15.0 Å². The van der Waals surface area contributed by atoms with E-state index in [0.29, 0.717) is 11.3 Å². The molecule has 0 saturated carbocycles. The van der Waals surface area contributed by atoms with Crippen LogP contribution in [0.15, 0.2) is 42.5 Å². The first kappa shape index (κ1) is 11.6. The maximum atomic E-state index is 12.1. The van der Waals surface area contributed by atoms with Crippen LogP contribution in [0.25, 0.3) is 0 Å². The Bertz CT molecular complexity index is 634. The highest BCUT2D eigenvalue weighted by Gasteiger charge is 2.28. The first-order valence-corrected chi connectivity index (χ1v) is 5.96. The van der Waals surface area contributed by atoms with E-state index >= 15 is 0 Å². The smallest absolute Gasteiger partial charge is 0.170 e. The van der Waals surface area contributed by atoms with Gasteiger partial charge in [-0.2, -0.15) is 0 Å². The monoisotopic (exact) mass is 256 g/mol. The van der Waals surface area contributed by atoms with Gasteiger partial charge in [-0.05, 0) is 11.6 Å². The largest absolute Gasteiger partial charge is 0.504 e. The van der Waals surface area contributed by atoms with Crippen LogP contribution in [0.4, 0.5) is 0 Å². The summed E-state index contributed by atoms with van der Waals surface area (Å²) in [7, 11) is 0. The van der Waals surface area contributed by atoms with Gasteiger partial charge in [0.2, 0.25) is 0 Å². The summed E-state index contributed by atoms with van der Waals surface area (Å²) in [6.45, 7) is 0. The van der Waals surface area contributed by atoms with Crippen LogP contribution < -0.4 is 4.74 Å². The molecule has 3 rings (SSSR count). The van der Waals surface area contributed by atoms with Crippen LogP contribution in [0.5, 0.6) is 17.2 Å². The summed E-state index contributed by atoms with van der Waals surface area (Å²) >= 11 is 0. The highest BCUT2D eigenvalue weighted by Crippen LogP contribution is 2.40. The van der Waals surface area contributed by atoms with Gasteiger partial charge in [0.1, 0.15) is 11.9 Å². The normalized spacial score (nSPS) is 17.7. The number of hydrogen-bond acceptors (Lipinski definition) is 4. The van der Waals surface area contributed by atoms with Crippen LogP contribution >= 0.6 is 0 Å². The van der Waals surface area contributed by atoms with Gasteiger partial charge in [0.05, 0.1) is 12.0 Å². The zero-order valence-electron chi connectivity index (χ0n) is 10.0. The number of benzene rings is 2. The second kappa shape index (κ2) is 4.31. The molecule has 1 aliphatic rings. The first-order valence-electron chi connectivity index (χ1n) is 5.96. The number of Topliss-reactive ketones (excluding diaryl/α,β-unsaturated/α-hetero) is 1. The van der Waals surface area contributed by atoms with Gasteiger partial charge in [-0.15, -0.1) is 0 Å². The molecule has 1 aliphatic heterocycles. The highest BCUT2D eigenvalue weighted by atomic mass is 16.5. The summed E-state index contributed by atoms with van der Waals surface area (Å²) in [4.78, 5) is 12.1. The lowest BCUT2D eigenvalue weighted by atomic mass is 9.96. The van der Waals surface area contributed by atoms with Crippen molar-refractivity contribution in [2.24, 2.45) is 0 Å². The van der Waals surface area contributed by atoms with Crippen LogP contribution in [0, 0.1) is 0 Å². The molecule has 0 amide bonds. The van der Waals surface area contributed by atoms with Crippen molar-refractivity contribution in [2.45, 2.75) is 12.5 Å². The molecule has 0 radical (unpaired) electrons. The molecular formula is C15H12O4. The molecule has 0 bridgehead atoms. The van der Waals surface area contributed by atoms with Crippen molar-refractivity contribution in [3.8, 4) is 17.2 Å². The molecule has 19 heavy (non-hydrogen) atoms. The van der Waals surface area contributed by atoms with E-state index in [-0.39, 0.29) is 29.8 Å². The molecular weight excluding hydrogens is 244 g/mol. The Hall–Kier alpha value is -2.49. The van der Waals surface area contributed by atoms with Gasteiger partial charge in [-0.3, -0.25) is 4.79 Å². The third-order valence-corrected chi connectivity index (χ3v) is 3.19. The summed E-state index contributed by atoms with van der Waals surface area (Å²) in [6, 6.07) is 12.0. The Balaban J connectivity index is 2.00. The van der Waals surface area contributed by atoms with Gasteiger partial charge in [0.25, 0.3) is 0 Å². The highest BCUT2D eigenvalue weighted by molar-refractivity contribution is 6.00. The second-order valence-corrected chi connectivity index (χ2v) is 4.48. The molecule has 2 N–H and O–H groups in total. The van der Waals surface area contributed by atoms with Gasteiger partial charge in [-0.25, -0.2) is 0 Å². The minimum atomic E-state index is -0.356. The summed E-state index contributed by atoms with van der Waals surface area (Å²) in [5.41, 5.74) is 1.22. The van der Waals surface area contributed by atoms with E-state index in [2.05, 4.69) is 0 Å². The number of ketones is 1. The number of fused-ring (bicyclic) bond motifs is 1. The van der Waals surface area contributed by atoms with Crippen molar-refractivity contribution in [3.05, 3.63) is 53.6 Å². The number of phenols is 2. The predicted molar refractivity (Wildman–Crippen MR) is 68.5 cm³/mol. The topological polar surface area (TPSA) is 66.8 Å². The summed E-state index contributed by atoms with van der Waals surface area (Å²) in [5.74, 6) is -0.403. The fourth-order valence-electron chi connectivity index (χ4n) is 2.20. The van der Waals surface area contributed by atoms with Crippen molar-refractivity contribution in [1.82, 2.24) is 0 Å². The number of carbonyl (C=O) groups excluding carboxylic acids is 1. The Morgan fingerprint density at radius 1 is 1.05 bits per heavy atom. The number of phenolic OH excluding ortho intramolecular Hbond substituents is 2. The van der Waals surface area contributed by atoms with Crippen molar-refractivity contribution < 1.29 is 19.7 Å². The molecule has 1 atom stereocenters. The van der Waals surface area contributed by atoms with Crippen molar-refractivity contribution >= 4 is 5.78 Å². The number of aromatic hydroxyl groups is 2. The van der Waals surface area contributed by atoms with Crippen molar-refractivity contribution in [2.75, 3.05) is 0 Å². The predicted octanol–water partition coefficient (Wildman–Crippen LogP) is 2.80. The summed E-state index contributed by atoms with van der Waals surface area (Å²) in [6.07, 6.45) is -0.133. The van der Waals surface area contributed by atoms with Crippen LogP contribution in [0.3, 0.4) is 0 Å².